The van der Waals surface area contributed by atoms with E-state index < -0.39 is 5.97 Å². The predicted molar refractivity (Wildman–Crippen MR) is 92.2 cm³/mol. The molecule has 1 aliphatic heterocycles. The molecule has 0 spiro atoms. The summed E-state index contributed by atoms with van der Waals surface area (Å²) in [5.74, 6) is -1.10. The number of fused-ring (bicyclic) bond motifs is 1. The standard InChI is InChI=1S/C19H26N2O4/c1-12-7-14(15-5-3-4-6-16(15)20-12)11-21-10-13(9-18(22)23)8-17(21)19(24)25-2/h7,13,17H,3-6,8-11H2,1-2H3,(H,22,23)/t13-,17+/m1/s1. The molecule has 2 atom stereocenters. The number of likely N-dealkylation sites (tertiary alicyclic amines) is 1. The van der Waals surface area contributed by atoms with Gasteiger partial charge in [0.25, 0.3) is 0 Å². The Balaban J connectivity index is 1.83. The van der Waals surface area contributed by atoms with Crippen LogP contribution in [0.1, 0.15) is 48.2 Å². The maximum Gasteiger partial charge on any atom is 0.323 e. The van der Waals surface area contributed by atoms with Crippen LogP contribution in [0.5, 0.6) is 0 Å². The molecule has 1 aromatic rings. The minimum absolute atomic E-state index is 0.0136. The van der Waals surface area contributed by atoms with Crippen LogP contribution < -0.4 is 0 Å². The summed E-state index contributed by atoms with van der Waals surface area (Å²) in [5.41, 5.74) is 4.75. The number of ether oxygens (including phenoxy) is 1. The van der Waals surface area contributed by atoms with Crippen molar-refractivity contribution in [1.82, 2.24) is 9.88 Å². The predicted octanol–water partition coefficient (Wildman–Crippen LogP) is 2.11. The molecular weight excluding hydrogens is 320 g/mol. The van der Waals surface area contributed by atoms with E-state index in [4.69, 9.17) is 9.84 Å². The van der Waals surface area contributed by atoms with Crippen molar-refractivity contribution in [1.29, 1.82) is 0 Å². The molecule has 0 bridgehead atoms. The molecule has 0 unspecified atom stereocenters. The van der Waals surface area contributed by atoms with Crippen LogP contribution in [-0.4, -0.2) is 46.6 Å². The number of nitrogens with zero attached hydrogens (tertiary/aromatic N) is 2. The molecule has 2 aliphatic rings. The summed E-state index contributed by atoms with van der Waals surface area (Å²) in [4.78, 5) is 30.0. The average Bonchev–Trinajstić information content (AvgIpc) is 2.95. The van der Waals surface area contributed by atoms with Crippen molar-refractivity contribution >= 4 is 11.9 Å². The lowest BCUT2D eigenvalue weighted by atomic mass is 9.91. The molecule has 25 heavy (non-hydrogen) atoms. The smallest absolute Gasteiger partial charge is 0.323 e. The number of carboxylic acids is 1. The number of methoxy groups -OCH3 is 1. The van der Waals surface area contributed by atoms with E-state index in [2.05, 4.69) is 16.0 Å². The number of esters is 1. The molecule has 0 amide bonds. The number of aryl methyl sites for hydroxylation is 2. The zero-order valence-electron chi connectivity index (χ0n) is 15.0. The Hall–Kier alpha value is -1.95. The van der Waals surface area contributed by atoms with E-state index in [1.54, 1.807) is 0 Å². The van der Waals surface area contributed by atoms with Gasteiger partial charge in [0.05, 0.1) is 7.11 Å². The van der Waals surface area contributed by atoms with Crippen molar-refractivity contribution < 1.29 is 19.4 Å². The Kier molecular flexibility index (Phi) is 5.37. The van der Waals surface area contributed by atoms with Crippen LogP contribution in [0.15, 0.2) is 6.07 Å². The molecule has 3 rings (SSSR count). The fourth-order valence-corrected chi connectivity index (χ4v) is 4.25. The summed E-state index contributed by atoms with van der Waals surface area (Å²) < 4.78 is 4.95. The molecule has 6 nitrogen and oxygen atoms in total. The largest absolute Gasteiger partial charge is 0.481 e. The minimum Gasteiger partial charge on any atom is -0.481 e. The second kappa shape index (κ2) is 7.52. The summed E-state index contributed by atoms with van der Waals surface area (Å²) >= 11 is 0. The second-order valence-electron chi connectivity index (χ2n) is 7.22. The SMILES string of the molecule is COC(=O)[C@@H]1C[C@H](CC(=O)O)CN1Cc1cc(C)nc2c1CCCC2. The van der Waals surface area contributed by atoms with Gasteiger partial charge in [-0.25, -0.2) is 0 Å². The van der Waals surface area contributed by atoms with Crippen molar-refractivity contribution in [2.45, 2.75) is 58.0 Å². The van der Waals surface area contributed by atoms with E-state index in [-0.39, 0.29) is 24.3 Å². The first-order valence-electron chi connectivity index (χ1n) is 9.00. The maximum absolute atomic E-state index is 12.2. The molecule has 1 N–H and O–H groups in total. The highest BCUT2D eigenvalue weighted by molar-refractivity contribution is 5.76. The van der Waals surface area contributed by atoms with Crippen molar-refractivity contribution in [3.8, 4) is 0 Å². The molecule has 1 aromatic heterocycles. The summed E-state index contributed by atoms with van der Waals surface area (Å²) in [5, 5.41) is 9.08. The molecule has 2 heterocycles. The normalized spacial score (nSPS) is 23.3. The van der Waals surface area contributed by atoms with Gasteiger partial charge in [-0.3, -0.25) is 19.5 Å². The quantitative estimate of drug-likeness (QED) is 0.823. The van der Waals surface area contributed by atoms with Gasteiger partial charge in [-0.2, -0.15) is 0 Å². The van der Waals surface area contributed by atoms with E-state index in [1.165, 1.54) is 36.8 Å². The van der Waals surface area contributed by atoms with E-state index in [0.29, 0.717) is 19.5 Å². The number of carboxylic acid groups (broad SMARTS) is 1. The third-order valence-electron chi connectivity index (χ3n) is 5.32. The van der Waals surface area contributed by atoms with Gasteiger partial charge in [0.2, 0.25) is 0 Å². The van der Waals surface area contributed by atoms with Gasteiger partial charge >= 0.3 is 11.9 Å². The molecule has 136 valence electrons. The van der Waals surface area contributed by atoms with Crippen LogP contribution >= 0.6 is 0 Å². The lowest BCUT2D eigenvalue weighted by Crippen LogP contribution is -2.36. The molecule has 0 saturated carbocycles. The highest BCUT2D eigenvalue weighted by Crippen LogP contribution is 2.31. The number of pyridine rings is 1. The Morgan fingerprint density at radius 3 is 2.84 bits per heavy atom. The first kappa shape index (κ1) is 17.9. The van der Waals surface area contributed by atoms with E-state index >= 15 is 0 Å². The molecule has 1 saturated heterocycles. The van der Waals surface area contributed by atoms with Gasteiger partial charge in [-0.15, -0.1) is 0 Å². The van der Waals surface area contributed by atoms with Gasteiger partial charge in [-0.05, 0) is 62.1 Å². The number of carbonyl (C=O) groups is 2. The van der Waals surface area contributed by atoms with Crippen LogP contribution in [0.25, 0.3) is 0 Å². The van der Waals surface area contributed by atoms with Crippen LogP contribution in [0.2, 0.25) is 0 Å². The molecule has 6 heteroatoms. The van der Waals surface area contributed by atoms with Crippen LogP contribution in [-0.2, 0) is 33.7 Å². The summed E-state index contributed by atoms with van der Waals surface area (Å²) in [6.07, 6.45) is 5.05. The highest BCUT2D eigenvalue weighted by Gasteiger charge is 2.38. The molecule has 0 aromatic carbocycles. The first-order valence-corrected chi connectivity index (χ1v) is 9.00. The average molecular weight is 346 g/mol. The van der Waals surface area contributed by atoms with Gasteiger partial charge in [0.1, 0.15) is 6.04 Å². The Morgan fingerprint density at radius 1 is 1.36 bits per heavy atom. The van der Waals surface area contributed by atoms with E-state index in [9.17, 15) is 9.59 Å². The van der Waals surface area contributed by atoms with Crippen molar-refractivity contribution in [2.75, 3.05) is 13.7 Å². The van der Waals surface area contributed by atoms with E-state index in [0.717, 1.165) is 18.5 Å². The molecule has 1 fully saturated rings. The Labute approximate surface area is 148 Å². The number of rotatable bonds is 5. The topological polar surface area (TPSA) is 79.7 Å². The zero-order chi connectivity index (χ0) is 18.0. The number of hydrogen-bond donors (Lipinski definition) is 1. The van der Waals surface area contributed by atoms with Gasteiger partial charge in [0.15, 0.2) is 0 Å². The lowest BCUT2D eigenvalue weighted by Gasteiger charge is -2.26. The third kappa shape index (κ3) is 4.00. The van der Waals surface area contributed by atoms with Gasteiger partial charge in [0, 0.05) is 30.9 Å². The van der Waals surface area contributed by atoms with Crippen LogP contribution in [0, 0.1) is 12.8 Å². The fourth-order valence-electron chi connectivity index (χ4n) is 4.25. The zero-order valence-corrected chi connectivity index (χ0v) is 15.0. The van der Waals surface area contributed by atoms with Crippen molar-refractivity contribution in [3.05, 3.63) is 28.6 Å². The van der Waals surface area contributed by atoms with Crippen LogP contribution in [0.4, 0.5) is 0 Å². The Morgan fingerprint density at radius 2 is 2.12 bits per heavy atom. The minimum atomic E-state index is -0.812. The number of carbonyl (C=O) groups excluding carboxylic acids is 1. The summed E-state index contributed by atoms with van der Waals surface area (Å²) in [6.45, 7) is 3.27. The van der Waals surface area contributed by atoms with Crippen molar-refractivity contribution in [2.24, 2.45) is 5.92 Å². The second-order valence-corrected chi connectivity index (χ2v) is 7.22. The highest BCUT2D eigenvalue weighted by atomic mass is 16.5. The summed E-state index contributed by atoms with van der Waals surface area (Å²) in [7, 11) is 1.39. The van der Waals surface area contributed by atoms with Gasteiger partial charge in [-0.1, -0.05) is 0 Å². The van der Waals surface area contributed by atoms with E-state index in [1.807, 2.05) is 6.92 Å². The third-order valence-corrected chi connectivity index (χ3v) is 5.32. The van der Waals surface area contributed by atoms with Crippen molar-refractivity contribution in [3.63, 3.8) is 0 Å². The number of aliphatic carboxylic acids is 1. The fraction of sp³-hybridized carbons (Fsp3) is 0.632. The van der Waals surface area contributed by atoms with Gasteiger partial charge < -0.3 is 9.84 Å². The first-order chi connectivity index (χ1) is 12.0. The molecule has 1 aliphatic carbocycles. The number of aromatic nitrogens is 1. The summed E-state index contributed by atoms with van der Waals surface area (Å²) in [6, 6.07) is 1.75. The van der Waals surface area contributed by atoms with Crippen LogP contribution in [0.3, 0.4) is 0 Å². The molecular formula is C19H26N2O4. The molecule has 0 radical (unpaired) electrons. The Bertz CT molecular complexity index is 674. The lowest BCUT2D eigenvalue weighted by molar-refractivity contribution is -0.146. The number of hydrogen-bond acceptors (Lipinski definition) is 5. The maximum atomic E-state index is 12.2. The monoisotopic (exact) mass is 346 g/mol.